The van der Waals surface area contributed by atoms with Crippen LogP contribution in [0.5, 0.6) is 0 Å². The number of hydrogen-bond acceptors (Lipinski definition) is 2. The van der Waals surface area contributed by atoms with Gasteiger partial charge >= 0.3 is 0 Å². The third kappa shape index (κ3) is 8.22. The van der Waals surface area contributed by atoms with Crippen LogP contribution in [0.15, 0.2) is 11.8 Å². The number of methoxy groups -OCH3 is 1. The van der Waals surface area contributed by atoms with Crippen molar-refractivity contribution in [3.8, 4) is 0 Å². The summed E-state index contributed by atoms with van der Waals surface area (Å²) in [4.78, 5) is 0. The lowest BCUT2D eigenvalue weighted by molar-refractivity contribution is 0.142. The molecule has 0 aromatic heterocycles. The van der Waals surface area contributed by atoms with Crippen LogP contribution in [0.3, 0.4) is 0 Å². The molecule has 0 N–H and O–H groups in total. The summed E-state index contributed by atoms with van der Waals surface area (Å²) in [5.74, 6) is 2.97. The standard InChI is InChI=1S/C20H38O2/c1-4-10-18-12-14-19(15-13-18)20(11-5-2)22-17-9-7-6-8-16-21-3/h11,18-19H,4-10,12-17H2,1-3H3/b20-11+. The first-order valence-electron chi connectivity index (χ1n) is 9.63. The van der Waals surface area contributed by atoms with Gasteiger partial charge in [0.2, 0.25) is 0 Å². The molecule has 0 radical (unpaired) electrons. The summed E-state index contributed by atoms with van der Waals surface area (Å²) >= 11 is 0. The molecule has 1 fully saturated rings. The highest BCUT2D eigenvalue weighted by Gasteiger charge is 2.24. The molecular weight excluding hydrogens is 272 g/mol. The van der Waals surface area contributed by atoms with E-state index in [4.69, 9.17) is 9.47 Å². The molecule has 22 heavy (non-hydrogen) atoms. The highest BCUT2D eigenvalue weighted by atomic mass is 16.5. The molecule has 2 heteroatoms. The lowest BCUT2D eigenvalue weighted by Crippen LogP contribution is -2.18. The second-order valence-corrected chi connectivity index (χ2v) is 6.78. The number of hydrogen-bond donors (Lipinski definition) is 0. The van der Waals surface area contributed by atoms with Crippen LogP contribution < -0.4 is 0 Å². The van der Waals surface area contributed by atoms with E-state index >= 15 is 0 Å². The van der Waals surface area contributed by atoms with Gasteiger partial charge in [0.1, 0.15) is 0 Å². The number of ether oxygens (including phenoxy) is 2. The molecule has 1 aliphatic carbocycles. The molecule has 2 nitrogen and oxygen atoms in total. The van der Waals surface area contributed by atoms with Crippen LogP contribution in [-0.2, 0) is 9.47 Å². The Morgan fingerprint density at radius 1 is 0.955 bits per heavy atom. The van der Waals surface area contributed by atoms with Gasteiger partial charge in [0.25, 0.3) is 0 Å². The SMILES string of the molecule is CC/C=C(/OCCCCCCOC)C1CCC(CCC)CC1. The lowest BCUT2D eigenvalue weighted by atomic mass is 9.79. The third-order valence-corrected chi connectivity index (χ3v) is 4.86. The Bertz CT molecular complexity index is 277. The summed E-state index contributed by atoms with van der Waals surface area (Å²) in [6.45, 7) is 6.32. The molecule has 1 aliphatic rings. The van der Waals surface area contributed by atoms with E-state index in [1.54, 1.807) is 7.11 Å². The second-order valence-electron chi connectivity index (χ2n) is 6.78. The number of unbranched alkanes of at least 4 members (excludes halogenated alkanes) is 3. The molecule has 0 aliphatic heterocycles. The van der Waals surface area contributed by atoms with E-state index in [9.17, 15) is 0 Å². The van der Waals surface area contributed by atoms with Crippen LogP contribution in [-0.4, -0.2) is 20.3 Å². The third-order valence-electron chi connectivity index (χ3n) is 4.86. The van der Waals surface area contributed by atoms with Gasteiger partial charge < -0.3 is 9.47 Å². The molecule has 0 spiro atoms. The molecule has 130 valence electrons. The van der Waals surface area contributed by atoms with Crippen LogP contribution in [0.1, 0.15) is 84.5 Å². The highest BCUT2D eigenvalue weighted by Crippen LogP contribution is 2.35. The lowest BCUT2D eigenvalue weighted by Gasteiger charge is -2.30. The normalized spacial score (nSPS) is 22.8. The van der Waals surface area contributed by atoms with Crippen molar-refractivity contribution in [3.63, 3.8) is 0 Å². The van der Waals surface area contributed by atoms with Crippen molar-refractivity contribution < 1.29 is 9.47 Å². The van der Waals surface area contributed by atoms with Gasteiger partial charge in [0, 0.05) is 19.6 Å². The molecular formula is C20H38O2. The monoisotopic (exact) mass is 310 g/mol. The molecule has 0 amide bonds. The van der Waals surface area contributed by atoms with Crippen LogP contribution in [0, 0.1) is 11.8 Å². The Balaban J connectivity index is 2.21. The first kappa shape index (κ1) is 19.5. The van der Waals surface area contributed by atoms with Gasteiger partial charge in [-0.15, -0.1) is 0 Å². The van der Waals surface area contributed by atoms with E-state index in [1.807, 2.05) is 0 Å². The van der Waals surface area contributed by atoms with Crippen molar-refractivity contribution in [3.05, 3.63) is 11.8 Å². The minimum Gasteiger partial charge on any atom is -0.498 e. The maximum atomic E-state index is 6.15. The van der Waals surface area contributed by atoms with E-state index in [1.165, 1.54) is 70.0 Å². The minimum absolute atomic E-state index is 0.696. The zero-order valence-corrected chi connectivity index (χ0v) is 15.2. The van der Waals surface area contributed by atoms with Gasteiger partial charge in [-0.05, 0) is 63.4 Å². The fraction of sp³-hybridized carbons (Fsp3) is 0.900. The predicted molar refractivity (Wildman–Crippen MR) is 95.0 cm³/mol. The second kappa shape index (κ2) is 13.0. The molecule has 0 unspecified atom stereocenters. The zero-order chi connectivity index (χ0) is 16.0. The molecule has 0 atom stereocenters. The van der Waals surface area contributed by atoms with Crippen LogP contribution >= 0.6 is 0 Å². The van der Waals surface area contributed by atoms with E-state index in [0.717, 1.165) is 25.6 Å². The first-order chi connectivity index (χ1) is 10.8. The van der Waals surface area contributed by atoms with Gasteiger partial charge in [-0.1, -0.05) is 33.1 Å². The van der Waals surface area contributed by atoms with Crippen molar-refractivity contribution in [2.45, 2.75) is 84.5 Å². The summed E-state index contributed by atoms with van der Waals surface area (Å²) in [5, 5.41) is 0. The van der Waals surface area contributed by atoms with E-state index < -0.39 is 0 Å². The average molecular weight is 311 g/mol. The smallest absolute Gasteiger partial charge is 0.0950 e. The van der Waals surface area contributed by atoms with Gasteiger partial charge in [0.15, 0.2) is 0 Å². The predicted octanol–water partition coefficient (Wildman–Crippen LogP) is 6.11. The summed E-state index contributed by atoms with van der Waals surface area (Å²) < 4.78 is 11.2. The molecule has 1 saturated carbocycles. The topological polar surface area (TPSA) is 18.5 Å². The number of allylic oxidation sites excluding steroid dienone is 2. The molecule has 0 bridgehead atoms. The van der Waals surface area contributed by atoms with Crippen LogP contribution in [0.25, 0.3) is 0 Å². The highest BCUT2D eigenvalue weighted by molar-refractivity contribution is 5.00. The molecule has 1 rings (SSSR count). The Morgan fingerprint density at radius 3 is 2.23 bits per heavy atom. The molecule has 0 saturated heterocycles. The Kier molecular flexibility index (Phi) is 11.5. The zero-order valence-electron chi connectivity index (χ0n) is 15.2. The minimum atomic E-state index is 0.696. The van der Waals surface area contributed by atoms with E-state index in [0.29, 0.717) is 5.92 Å². The fourth-order valence-corrected chi connectivity index (χ4v) is 3.58. The van der Waals surface area contributed by atoms with Crippen molar-refractivity contribution >= 4 is 0 Å². The van der Waals surface area contributed by atoms with E-state index in [-0.39, 0.29) is 0 Å². The Morgan fingerprint density at radius 2 is 1.64 bits per heavy atom. The van der Waals surface area contributed by atoms with Crippen molar-refractivity contribution in [1.82, 2.24) is 0 Å². The first-order valence-corrected chi connectivity index (χ1v) is 9.63. The quantitative estimate of drug-likeness (QED) is 0.320. The largest absolute Gasteiger partial charge is 0.498 e. The average Bonchev–Trinajstić information content (AvgIpc) is 2.54. The maximum Gasteiger partial charge on any atom is 0.0950 e. The molecule has 0 heterocycles. The summed E-state index contributed by atoms with van der Waals surface area (Å²) in [5.41, 5.74) is 0. The summed E-state index contributed by atoms with van der Waals surface area (Å²) in [7, 11) is 1.78. The summed E-state index contributed by atoms with van der Waals surface area (Å²) in [6.07, 6.45) is 16.5. The van der Waals surface area contributed by atoms with Crippen molar-refractivity contribution in [2.24, 2.45) is 11.8 Å². The van der Waals surface area contributed by atoms with Crippen molar-refractivity contribution in [1.29, 1.82) is 0 Å². The van der Waals surface area contributed by atoms with Crippen molar-refractivity contribution in [2.75, 3.05) is 20.3 Å². The molecule has 0 aromatic carbocycles. The maximum absolute atomic E-state index is 6.15. The van der Waals surface area contributed by atoms with Gasteiger partial charge in [0.05, 0.1) is 12.4 Å². The summed E-state index contributed by atoms with van der Waals surface area (Å²) in [6, 6.07) is 0. The number of rotatable bonds is 12. The fourth-order valence-electron chi connectivity index (χ4n) is 3.58. The van der Waals surface area contributed by atoms with Gasteiger partial charge in [-0.25, -0.2) is 0 Å². The van der Waals surface area contributed by atoms with Crippen LogP contribution in [0.2, 0.25) is 0 Å². The van der Waals surface area contributed by atoms with Gasteiger partial charge in [-0.2, -0.15) is 0 Å². The van der Waals surface area contributed by atoms with E-state index in [2.05, 4.69) is 19.9 Å². The van der Waals surface area contributed by atoms with Crippen LogP contribution in [0.4, 0.5) is 0 Å². The van der Waals surface area contributed by atoms with Gasteiger partial charge in [-0.3, -0.25) is 0 Å². The Labute approximate surface area is 138 Å². The molecule has 0 aromatic rings. The Hall–Kier alpha value is -0.500.